The van der Waals surface area contributed by atoms with Crippen molar-refractivity contribution in [1.82, 2.24) is 5.32 Å². The molecule has 3 N–H and O–H groups in total. The number of nitrogens with zero attached hydrogens (tertiary/aromatic N) is 1. The highest BCUT2D eigenvalue weighted by Gasteiger charge is 2.12. The van der Waals surface area contributed by atoms with E-state index in [0.717, 1.165) is 18.5 Å². The third-order valence-corrected chi connectivity index (χ3v) is 4.02. The van der Waals surface area contributed by atoms with Gasteiger partial charge in [0.1, 0.15) is 17.2 Å². The summed E-state index contributed by atoms with van der Waals surface area (Å²) in [5.41, 5.74) is 8.15. The van der Waals surface area contributed by atoms with Gasteiger partial charge in [0.2, 0.25) is 0 Å². The van der Waals surface area contributed by atoms with Crippen LogP contribution in [0.5, 0.6) is 17.2 Å². The molecule has 0 spiro atoms. The van der Waals surface area contributed by atoms with Gasteiger partial charge in [0.25, 0.3) is 0 Å². The Morgan fingerprint density at radius 2 is 1.62 bits per heavy atom. The summed E-state index contributed by atoms with van der Waals surface area (Å²) in [4.78, 5) is 4.38. The molecule has 0 heterocycles. The highest BCUT2D eigenvalue weighted by molar-refractivity contribution is 5.77. The highest BCUT2D eigenvalue weighted by atomic mass is 16.5. The van der Waals surface area contributed by atoms with Crippen LogP contribution in [0.4, 0.5) is 0 Å². The van der Waals surface area contributed by atoms with Crippen molar-refractivity contribution in [2.24, 2.45) is 10.7 Å². The Kier molecular flexibility index (Phi) is 7.61. The predicted octanol–water partition coefficient (Wildman–Crippen LogP) is 2.40. The lowest BCUT2D eigenvalue weighted by Crippen LogP contribution is -2.33. The number of hydrogen-bond donors (Lipinski definition) is 2. The van der Waals surface area contributed by atoms with Gasteiger partial charge in [-0.25, -0.2) is 0 Å². The van der Waals surface area contributed by atoms with Crippen LogP contribution in [0.3, 0.4) is 0 Å². The largest absolute Gasteiger partial charge is 0.496 e. The number of methoxy groups -OCH3 is 3. The summed E-state index contributed by atoms with van der Waals surface area (Å²) in [5.74, 6) is 2.56. The number of aliphatic imine (C=N–C) groups is 1. The van der Waals surface area contributed by atoms with Gasteiger partial charge in [0, 0.05) is 30.8 Å². The van der Waals surface area contributed by atoms with E-state index in [-0.39, 0.29) is 0 Å². The van der Waals surface area contributed by atoms with Gasteiger partial charge in [-0.1, -0.05) is 30.3 Å². The third kappa shape index (κ3) is 5.58. The first kappa shape index (κ1) is 19.4. The number of nitrogens with two attached hydrogens (primary N) is 1. The van der Waals surface area contributed by atoms with E-state index in [1.807, 2.05) is 30.3 Å². The highest BCUT2D eigenvalue weighted by Crippen LogP contribution is 2.34. The van der Waals surface area contributed by atoms with Crippen LogP contribution in [-0.4, -0.2) is 40.4 Å². The Hall–Kier alpha value is -2.89. The maximum absolute atomic E-state index is 5.95. The fraction of sp³-hybridized carbons (Fsp3) is 0.350. The van der Waals surface area contributed by atoms with Crippen molar-refractivity contribution in [3.8, 4) is 17.2 Å². The molecule has 0 fully saturated rings. The first-order valence-electron chi connectivity index (χ1n) is 8.54. The van der Waals surface area contributed by atoms with E-state index in [0.29, 0.717) is 36.2 Å². The standard InChI is InChI=1S/C20H27N3O3/c1-24-16-13-18(25-2)17(19(14-16)26-3)10-12-23-20(21)22-11-9-15-7-5-4-6-8-15/h4-8,13-14H,9-12H2,1-3H3,(H3,21,22,23). The normalized spacial score (nSPS) is 11.1. The molecule has 0 unspecified atom stereocenters. The predicted molar refractivity (Wildman–Crippen MR) is 104 cm³/mol. The monoisotopic (exact) mass is 357 g/mol. The third-order valence-electron chi connectivity index (χ3n) is 4.02. The summed E-state index contributed by atoms with van der Waals surface area (Å²) in [7, 11) is 4.86. The molecule has 140 valence electrons. The van der Waals surface area contributed by atoms with Gasteiger partial charge < -0.3 is 25.3 Å². The van der Waals surface area contributed by atoms with Crippen LogP contribution < -0.4 is 25.3 Å². The van der Waals surface area contributed by atoms with Gasteiger partial charge in [-0.3, -0.25) is 4.99 Å². The quantitative estimate of drug-likeness (QED) is 0.532. The van der Waals surface area contributed by atoms with Crippen LogP contribution in [0, 0.1) is 0 Å². The molecule has 0 amide bonds. The molecule has 6 heteroatoms. The minimum absolute atomic E-state index is 0.437. The van der Waals surface area contributed by atoms with E-state index >= 15 is 0 Å². The lowest BCUT2D eigenvalue weighted by Gasteiger charge is -2.14. The van der Waals surface area contributed by atoms with Gasteiger partial charge in [0.15, 0.2) is 5.96 Å². The zero-order chi connectivity index (χ0) is 18.8. The molecule has 0 atom stereocenters. The van der Waals surface area contributed by atoms with Crippen molar-refractivity contribution in [2.75, 3.05) is 34.4 Å². The van der Waals surface area contributed by atoms with Crippen LogP contribution in [0.15, 0.2) is 47.5 Å². The van der Waals surface area contributed by atoms with Gasteiger partial charge in [-0.15, -0.1) is 0 Å². The number of nitrogens with one attached hydrogen (secondary N) is 1. The Bertz CT molecular complexity index is 692. The lowest BCUT2D eigenvalue weighted by atomic mass is 10.1. The summed E-state index contributed by atoms with van der Waals surface area (Å²) >= 11 is 0. The molecule has 0 saturated heterocycles. The summed E-state index contributed by atoms with van der Waals surface area (Å²) < 4.78 is 16.2. The van der Waals surface area contributed by atoms with E-state index in [4.69, 9.17) is 19.9 Å². The van der Waals surface area contributed by atoms with E-state index in [9.17, 15) is 0 Å². The SMILES string of the molecule is COc1cc(OC)c(CCN=C(N)NCCc2ccccc2)c(OC)c1. The molecule has 0 aliphatic carbocycles. The van der Waals surface area contributed by atoms with Crippen molar-refractivity contribution in [1.29, 1.82) is 0 Å². The fourth-order valence-corrected chi connectivity index (χ4v) is 2.65. The molecular formula is C20H27N3O3. The van der Waals surface area contributed by atoms with Crippen LogP contribution in [0.2, 0.25) is 0 Å². The molecule has 6 nitrogen and oxygen atoms in total. The van der Waals surface area contributed by atoms with E-state index < -0.39 is 0 Å². The zero-order valence-electron chi connectivity index (χ0n) is 15.6. The van der Waals surface area contributed by atoms with Crippen molar-refractivity contribution < 1.29 is 14.2 Å². The summed E-state index contributed by atoms with van der Waals surface area (Å²) in [5, 5.41) is 3.14. The summed E-state index contributed by atoms with van der Waals surface area (Å²) in [6, 6.07) is 13.9. The maximum atomic E-state index is 5.95. The first-order valence-corrected chi connectivity index (χ1v) is 8.54. The van der Waals surface area contributed by atoms with Crippen LogP contribution >= 0.6 is 0 Å². The summed E-state index contributed by atoms with van der Waals surface area (Å²) in [6.45, 7) is 1.28. The van der Waals surface area contributed by atoms with Crippen molar-refractivity contribution in [3.05, 3.63) is 53.6 Å². The number of benzene rings is 2. The van der Waals surface area contributed by atoms with Gasteiger partial charge in [-0.2, -0.15) is 0 Å². The first-order chi connectivity index (χ1) is 12.7. The topological polar surface area (TPSA) is 78.1 Å². The molecule has 0 saturated carbocycles. The molecule has 2 aromatic carbocycles. The van der Waals surface area contributed by atoms with E-state index in [1.54, 1.807) is 21.3 Å². The average molecular weight is 357 g/mol. The number of rotatable bonds is 9. The van der Waals surface area contributed by atoms with Gasteiger partial charge in [0.05, 0.1) is 21.3 Å². The summed E-state index contributed by atoms with van der Waals surface area (Å²) in [6.07, 6.45) is 1.55. The molecule has 0 radical (unpaired) electrons. The van der Waals surface area contributed by atoms with Crippen molar-refractivity contribution in [2.45, 2.75) is 12.8 Å². The molecule has 0 aliphatic rings. The second-order valence-corrected chi connectivity index (χ2v) is 5.69. The molecule has 2 rings (SSSR count). The fourth-order valence-electron chi connectivity index (χ4n) is 2.65. The lowest BCUT2D eigenvalue weighted by molar-refractivity contribution is 0.369. The Balaban J connectivity index is 1.90. The second-order valence-electron chi connectivity index (χ2n) is 5.69. The van der Waals surface area contributed by atoms with Crippen molar-refractivity contribution >= 4 is 5.96 Å². The number of hydrogen-bond acceptors (Lipinski definition) is 4. The molecule has 0 aromatic heterocycles. The van der Waals surface area contributed by atoms with Crippen molar-refractivity contribution in [3.63, 3.8) is 0 Å². The second kappa shape index (κ2) is 10.2. The van der Waals surface area contributed by atoms with E-state index in [1.165, 1.54) is 5.56 Å². The zero-order valence-corrected chi connectivity index (χ0v) is 15.6. The smallest absolute Gasteiger partial charge is 0.188 e. The molecule has 26 heavy (non-hydrogen) atoms. The minimum Gasteiger partial charge on any atom is -0.496 e. The van der Waals surface area contributed by atoms with Crippen LogP contribution in [-0.2, 0) is 12.8 Å². The molecule has 0 bridgehead atoms. The molecule has 2 aromatic rings. The Morgan fingerprint density at radius 3 is 2.19 bits per heavy atom. The van der Waals surface area contributed by atoms with Crippen LogP contribution in [0.1, 0.15) is 11.1 Å². The number of guanidine groups is 1. The number of ether oxygens (including phenoxy) is 3. The minimum atomic E-state index is 0.437. The molecule has 0 aliphatic heterocycles. The Labute approximate surface area is 155 Å². The Morgan fingerprint density at radius 1 is 0.962 bits per heavy atom. The van der Waals surface area contributed by atoms with Gasteiger partial charge >= 0.3 is 0 Å². The maximum Gasteiger partial charge on any atom is 0.188 e. The molecular weight excluding hydrogens is 330 g/mol. The van der Waals surface area contributed by atoms with E-state index in [2.05, 4.69) is 22.4 Å². The average Bonchev–Trinajstić information content (AvgIpc) is 2.68. The van der Waals surface area contributed by atoms with Crippen LogP contribution in [0.25, 0.3) is 0 Å². The van der Waals surface area contributed by atoms with Gasteiger partial charge in [-0.05, 0) is 18.4 Å².